The van der Waals surface area contributed by atoms with Gasteiger partial charge in [-0.1, -0.05) is 18.2 Å². The number of hydrogen-bond acceptors (Lipinski definition) is 7. The zero-order chi connectivity index (χ0) is 27.6. The summed E-state index contributed by atoms with van der Waals surface area (Å²) >= 11 is 2.94. The van der Waals surface area contributed by atoms with Crippen molar-refractivity contribution in [1.29, 1.82) is 0 Å². The van der Waals surface area contributed by atoms with Gasteiger partial charge in [-0.3, -0.25) is 24.6 Å². The van der Waals surface area contributed by atoms with Gasteiger partial charge >= 0.3 is 11.9 Å². The Morgan fingerprint density at radius 2 is 1.71 bits per heavy atom. The van der Waals surface area contributed by atoms with Crippen molar-refractivity contribution in [2.24, 2.45) is 0 Å². The van der Waals surface area contributed by atoms with Gasteiger partial charge in [0.1, 0.15) is 0 Å². The molecule has 2 amide bonds. The van der Waals surface area contributed by atoms with Crippen LogP contribution in [0.25, 0.3) is 6.08 Å². The zero-order valence-electron chi connectivity index (χ0n) is 19.3. The second-order valence-electron chi connectivity index (χ2n) is 7.84. The fraction of sp³-hybridized carbons (Fsp3) is 0.120. The average molecular weight is 656 g/mol. The van der Waals surface area contributed by atoms with Crippen molar-refractivity contribution in [2.45, 2.75) is 12.7 Å². The van der Waals surface area contributed by atoms with E-state index in [0.717, 1.165) is 31.9 Å². The van der Waals surface area contributed by atoms with Crippen LogP contribution in [-0.2, 0) is 17.5 Å². The maximum Gasteiger partial charge on any atom is 0.416 e. The van der Waals surface area contributed by atoms with Crippen molar-refractivity contribution in [3.63, 3.8) is 0 Å². The monoisotopic (exact) mass is 656 g/mol. The third-order valence-electron chi connectivity index (χ3n) is 5.32. The number of hydrogen-bond donors (Lipinski definition) is 0. The number of alkyl halides is 3. The number of carbonyl (C=O) groups is 2. The number of methoxy groups -OCH3 is 1. The van der Waals surface area contributed by atoms with Crippen LogP contribution in [0.1, 0.15) is 16.7 Å². The molecule has 3 aromatic carbocycles. The molecule has 1 aliphatic rings. The first-order valence-corrected chi connectivity index (χ1v) is 12.6. The van der Waals surface area contributed by atoms with Crippen LogP contribution >= 0.6 is 34.4 Å². The Morgan fingerprint density at radius 3 is 2.34 bits per heavy atom. The molecule has 1 heterocycles. The molecule has 3 aromatic rings. The highest BCUT2D eigenvalue weighted by molar-refractivity contribution is 14.1. The summed E-state index contributed by atoms with van der Waals surface area (Å²) in [4.78, 5) is 37.0. The van der Waals surface area contributed by atoms with Crippen LogP contribution in [0.3, 0.4) is 0 Å². The number of imide groups is 1. The molecule has 196 valence electrons. The molecule has 13 heteroatoms. The highest BCUT2D eigenvalue weighted by Gasteiger charge is 2.35. The minimum atomic E-state index is -4.76. The summed E-state index contributed by atoms with van der Waals surface area (Å²) in [5.74, 6) is -0.769. The summed E-state index contributed by atoms with van der Waals surface area (Å²) in [6.45, 7) is 0.126. The number of halogens is 4. The van der Waals surface area contributed by atoms with Crippen molar-refractivity contribution in [1.82, 2.24) is 4.90 Å². The molecule has 0 bridgehead atoms. The standard InChI is InChI=1S/C25H16F3IN2O6S/c1-36-21-10-15(11-22-23(32)30(24(33)38-22)13-14-2-6-17(29)7-3-14)4-8-20(21)37-19-9-5-16(25(26,27)28)12-18(19)31(34)35/h2-12H,13H2,1H3/b22-11+. The molecule has 0 spiro atoms. The van der Waals surface area contributed by atoms with Gasteiger partial charge in [-0.2, -0.15) is 13.2 Å². The van der Waals surface area contributed by atoms with E-state index in [1.807, 2.05) is 24.3 Å². The molecule has 0 saturated carbocycles. The highest BCUT2D eigenvalue weighted by atomic mass is 127. The van der Waals surface area contributed by atoms with Crippen molar-refractivity contribution in [3.8, 4) is 17.2 Å². The predicted octanol–water partition coefficient (Wildman–Crippen LogP) is 7.26. The van der Waals surface area contributed by atoms with Crippen LogP contribution in [0.2, 0.25) is 0 Å². The van der Waals surface area contributed by atoms with Crippen molar-refractivity contribution < 1.29 is 37.2 Å². The number of carbonyl (C=O) groups excluding carboxylic acids is 2. The Morgan fingerprint density at radius 1 is 1.03 bits per heavy atom. The molecule has 4 rings (SSSR count). The molecule has 0 aliphatic carbocycles. The first kappa shape index (κ1) is 27.4. The van der Waals surface area contributed by atoms with E-state index in [4.69, 9.17) is 9.47 Å². The largest absolute Gasteiger partial charge is 0.493 e. The van der Waals surface area contributed by atoms with Crippen LogP contribution in [-0.4, -0.2) is 28.1 Å². The predicted molar refractivity (Wildman–Crippen MR) is 142 cm³/mol. The fourth-order valence-electron chi connectivity index (χ4n) is 3.46. The van der Waals surface area contributed by atoms with Crippen LogP contribution in [0, 0.1) is 13.7 Å². The molecule has 0 atom stereocenters. The quantitative estimate of drug-likeness (QED) is 0.114. The molecule has 0 radical (unpaired) electrons. The summed E-state index contributed by atoms with van der Waals surface area (Å²) < 4.78 is 50.8. The van der Waals surface area contributed by atoms with E-state index < -0.39 is 39.2 Å². The summed E-state index contributed by atoms with van der Waals surface area (Å²) in [6.07, 6.45) is -3.27. The molecule has 1 saturated heterocycles. The van der Waals surface area contributed by atoms with Gasteiger partial charge in [0.2, 0.25) is 5.75 Å². The normalized spacial score (nSPS) is 14.8. The Hall–Kier alpha value is -3.59. The summed E-state index contributed by atoms with van der Waals surface area (Å²) in [6, 6.07) is 13.7. The smallest absolute Gasteiger partial charge is 0.416 e. The molecular weight excluding hydrogens is 640 g/mol. The molecule has 38 heavy (non-hydrogen) atoms. The lowest BCUT2D eigenvalue weighted by Crippen LogP contribution is -2.27. The summed E-state index contributed by atoms with van der Waals surface area (Å²) in [5, 5.41) is 10.9. The second kappa shape index (κ2) is 11.0. The van der Waals surface area contributed by atoms with Gasteiger partial charge < -0.3 is 9.47 Å². The molecule has 1 fully saturated rings. The van der Waals surface area contributed by atoms with E-state index in [1.54, 1.807) is 0 Å². The van der Waals surface area contributed by atoms with Crippen molar-refractivity contribution >= 4 is 57.3 Å². The Balaban J connectivity index is 1.57. The van der Waals surface area contributed by atoms with Gasteiger partial charge in [-0.25, -0.2) is 0 Å². The van der Waals surface area contributed by atoms with Crippen molar-refractivity contribution in [2.75, 3.05) is 7.11 Å². The SMILES string of the molecule is COc1cc(/C=C2/SC(=O)N(Cc3ccc(I)cc3)C2=O)ccc1Oc1ccc(C(F)(F)F)cc1[N+](=O)[O-]. The van der Waals surface area contributed by atoms with Crippen LogP contribution in [0.4, 0.5) is 23.7 Å². The summed E-state index contributed by atoms with van der Waals surface area (Å²) in [7, 11) is 1.31. The third-order valence-corrected chi connectivity index (χ3v) is 6.94. The van der Waals surface area contributed by atoms with E-state index in [1.165, 1.54) is 31.4 Å². The Kier molecular flexibility index (Phi) is 7.97. The van der Waals surface area contributed by atoms with Gasteiger partial charge in [-0.15, -0.1) is 0 Å². The number of rotatable bonds is 7. The minimum absolute atomic E-state index is 0.000627. The highest BCUT2D eigenvalue weighted by Crippen LogP contribution is 2.41. The van der Waals surface area contributed by atoms with E-state index in [0.29, 0.717) is 17.7 Å². The number of nitrogens with zero attached hydrogens (tertiary/aromatic N) is 2. The number of thioether (sulfide) groups is 1. The number of benzene rings is 3. The molecule has 0 unspecified atom stereocenters. The van der Waals surface area contributed by atoms with Crippen LogP contribution < -0.4 is 9.47 Å². The maximum absolute atomic E-state index is 13.0. The van der Waals surface area contributed by atoms with Gasteiger partial charge in [0.15, 0.2) is 11.5 Å². The topological polar surface area (TPSA) is 99.0 Å². The van der Waals surface area contributed by atoms with Gasteiger partial charge in [0.25, 0.3) is 11.1 Å². The van der Waals surface area contributed by atoms with Crippen LogP contribution in [0.15, 0.2) is 65.6 Å². The third kappa shape index (κ3) is 6.10. The second-order valence-corrected chi connectivity index (χ2v) is 10.1. The molecule has 0 aromatic heterocycles. The molecule has 0 N–H and O–H groups in total. The van der Waals surface area contributed by atoms with E-state index in [-0.39, 0.29) is 22.9 Å². The number of ether oxygens (including phenoxy) is 2. The van der Waals surface area contributed by atoms with Gasteiger partial charge in [-0.05, 0) is 88.0 Å². The molecular formula is C25H16F3IN2O6S. The summed E-state index contributed by atoms with van der Waals surface area (Å²) in [5.41, 5.74) is -0.784. The first-order valence-electron chi connectivity index (χ1n) is 10.7. The zero-order valence-corrected chi connectivity index (χ0v) is 22.3. The maximum atomic E-state index is 13.0. The van der Waals surface area contributed by atoms with Crippen molar-refractivity contribution in [3.05, 3.63) is 95.9 Å². The van der Waals surface area contributed by atoms with E-state index in [9.17, 15) is 32.9 Å². The van der Waals surface area contributed by atoms with Crippen LogP contribution in [0.5, 0.6) is 17.2 Å². The lowest BCUT2D eigenvalue weighted by atomic mass is 10.1. The average Bonchev–Trinajstić information content (AvgIpc) is 3.12. The van der Waals surface area contributed by atoms with E-state index >= 15 is 0 Å². The lowest BCUT2D eigenvalue weighted by molar-refractivity contribution is -0.385. The number of nitro groups is 1. The van der Waals surface area contributed by atoms with E-state index in [2.05, 4.69) is 22.6 Å². The Bertz CT molecular complexity index is 1460. The minimum Gasteiger partial charge on any atom is -0.493 e. The number of nitro benzene ring substituents is 1. The van der Waals surface area contributed by atoms with Gasteiger partial charge in [0, 0.05) is 9.64 Å². The Labute approximate surface area is 231 Å². The fourth-order valence-corrected chi connectivity index (χ4v) is 4.66. The first-order chi connectivity index (χ1) is 18.0. The lowest BCUT2D eigenvalue weighted by Gasteiger charge is -2.13. The number of amides is 2. The van der Waals surface area contributed by atoms with Gasteiger partial charge in [0.05, 0.1) is 29.0 Å². The molecule has 8 nitrogen and oxygen atoms in total. The molecule has 1 aliphatic heterocycles.